The Morgan fingerprint density at radius 3 is 2.60 bits per heavy atom. The van der Waals surface area contributed by atoms with Crippen LogP contribution < -0.4 is 0 Å². The molecule has 0 rings (SSSR count). The van der Waals surface area contributed by atoms with Gasteiger partial charge in [-0.15, -0.1) is 6.58 Å². The molecule has 56 valence electrons. The molecule has 0 unspecified atom stereocenters. The summed E-state index contributed by atoms with van der Waals surface area (Å²) < 4.78 is 0. The quantitative estimate of drug-likeness (QED) is 0.242. The molecule has 0 heterocycles. The lowest BCUT2D eigenvalue weighted by Gasteiger charge is -1.91. The second-order valence-corrected chi connectivity index (χ2v) is 2.12. The van der Waals surface area contributed by atoms with Gasteiger partial charge < -0.3 is 0 Å². The lowest BCUT2D eigenvalue weighted by atomic mass is 10.1. The molecule has 0 saturated heterocycles. The molecule has 0 spiro atoms. The van der Waals surface area contributed by atoms with Crippen LogP contribution in [0.4, 0.5) is 0 Å². The van der Waals surface area contributed by atoms with Crippen molar-refractivity contribution in [3.05, 3.63) is 12.7 Å². The maximum absolute atomic E-state index is 10.4. The van der Waals surface area contributed by atoms with Gasteiger partial charge in [-0.05, 0) is 19.3 Å². The van der Waals surface area contributed by atoms with Gasteiger partial charge in [0, 0.05) is 6.42 Å². The molecular formula is C8H12O2. The van der Waals surface area contributed by atoms with Crippen LogP contribution in [0.3, 0.4) is 0 Å². The van der Waals surface area contributed by atoms with Gasteiger partial charge in [0.05, 0.1) is 0 Å². The van der Waals surface area contributed by atoms with Gasteiger partial charge in [0.15, 0.2) is 12.1 Å². The molecule has 0 aliphatic heterocycles. The average molecular weight is 140 g/mol. The van der Waals surface area contributed by atoms with E-state index in [1.807, 2.05) is 6.08 Å². The minimum atomic E-state index is -0.302. The van der Waals surface area contributed by atoms with E-state index in [4.69, 9.17) is 0 Å². The summed E-state index contributed by atoms with van der Waals surface area (Å²) >= 11 is 0. The summed E-state index contributed by atoms with van der Waals surface area (Å²) in [5.41, 5.74) is 0. The van der Waals surface area contributed by atoms with Gasteiger partial charge in [0.2, 0.25) is 0 Å². The van der Waals surface area contributed by atoms with E-state index in [0.29, 0.717) is 12.7 Å². The highest BCUT2D eigenvalue weighted by Gasteiger charge is 1.96. The zero-order valence-corrected chi connectivity index (χ0v) is 6.01. The molecule has 0 saturated carbocycles. The molecule has 0 N–H and O–H groups in total. The number of allylic oxidation sites excluding steroid dienone is 1. The molecule has 0 aliphatic rings. The molecule has 2 nitrogen and oxygen atoms in total. The highest BCUT2D eigenvalue weighted by Crippen LogP contribution is 1.99. The number of hydrogen-bond donors (Lipinski definition) is 0. The number of unbranched alkanes of at least 4 members (excludes halogenated alkanes) is 2. The number of carbonyl (C=O) groups is 2. The second-order valence-electron chi connectivity index (χ2n) is 2.12. The minimum Gasteiger partial charge on any atom is -0.295 e. The van der Waals surface area contributed by atoms with Crippen LogP contribution in [0.1, 0.15) is 25.7 Å². The standard InChI is InChI=1S/C8H12O2/c1-2-3-4-5-6-8(10)7-9/h2,7H,1,3-6H2. The van der Waals surface area contributed by atoms with E-state index < -0.39 is 0 Å². The highest BCUT2D eigenvalue weighted by atomic mass is 16.2. The molecule has 0 aromatic heterocycles. The zero-order chi connectivity index (χ0) is 7.82. The van der Waals surface area contributed by atoms with Gasteiger partial charge in [-0.3, -0.25) is 9.59 Å². The Balaban J connectivity index is 3.11. The van der Waals surface area contributed by atoms with Crippen molar-refractivity contribution < 1.29 is 9.59 Å². The fourth-order valence-electron chi connectivity index (χ4n) is 0.647. The van der Waals surface area contributed by atoms with E-state index in [1.54, 1.807) is 0 Å². The lowest BCUT2D eigenvalue weighted by molar-refractivity contribution is -0.129. The van der Waals surface area contributed by atoms with Crippen LogP contribution in [0.2, 0.25) is 0 Å². The van der Waals surface area contributed by atoms with Gasteiger partial charge >= 0.3 is 0 Å². The van der Waals surface area contributed by atoms with Crippen molar-refractivity contribution in [3.8, 4) is 0 Å². The van der Waals surface area contributed by atoms with Crippen molar-refractivity contribution in [1.29, 1.82) is 0 Å². The lowest BCUT2D eigenvalue weighted by Crippen LogP contribution is -1.97. The van der Waals surface area contributed by atoms with Crippen LogP contribution in [0, 0.1) is 0 Å². The molecule has 0 atom stereocenters. The normalized spacial score (nSPS) is 8.80. The summed E-state index contributed by atoms with van der Waals surface area (Å²) in [4.78, 5) is 20.2. The second kappa shape index (κ2) is 6.20. The smallest absolute Gasteiger partial charge is 0.195 e. The number of rotatable bonds is 6. The number of ketones is 1. The molecule has 0 fully saturated rings. The topological polar surface area (TPSA) is 34.1 Å². The van der Waals surface area contributed by atoms with Crippen LogP contribution in [-0.4, -0.2) is 12.1 Å². The van der Waals surface area contributed by atoms with Crippen LogP contribution in [0.15, 0.2) is 12.7 Å². The van der Waals surface area contributed by atoms with Crippen molar-refractivity contribution >= 4 is 12.1 Å². The summed E-state index contributed by atoms with van der Waals surface area (Å²) in [5, 5.41) is 0. The maximum atomic E-state index is 10.4. The fourth-order valence-corrected chi connectivity index (χ4v) is 0.647. The molecular weight excluding hydrogens is 128 g/mol. The SMILES string of the molecule is C=CCCCCC(=O)C=O. The average Bonchev–Trinajstić information content (AvgIpc) is 1.98. The van der Waals surface area contributed by atoms with Gasteiger partial charge in [0.25, 0.3) is 0 Å². The summed E-state index contributed by atoms with van der Waals surface area (Å²) in [7, 11) is 0. The van der Waals surface area contributed by atoms with E-state index in [2.05, 4.69) is 6.58 Å². The third-order valence-electron chi connectivity index (χ3n) is 1.21. The molecule has 0 aromatic carbocycles. The van der Waals surface area contributed by atoms with Crippen molar-refractivity contribution in [1.82, 2.24) is 0 Å². The number of carbonyl (C=O) groups excluding carboxylic acids is 2. The summed E-state index contributed by atoms with van der Waals surface area (Å²) in [5.74, 6) is -0.302. The molecule has 0 aliphatic carbocycles. The monoisotopic (exact) mass is 140 g/mol. The van der Waals surface area contributed by atoms with Crippen molar-refractivity contribution in [2.75, 3.05) is 0 Å². The molecule has 0 amide bonds. The van der Waals surface area contributed by atoms with E-state index in [-0.39, 0.29) is 5.78 Å². The Kier molecular flexibility index (Phi) is 5.63. The highest BCUT2D eigenvalue weighted by molar-refractivity contribution is 6.24. The Hall–Kier alpha value is -0.920. The van der Waals surface area contributed by atoms with Crippen molar-refractivity contribution in [2.45, 2.75) is 25.7 Å². The fraction of sp³-hybridized carbons (Fsp3) is 0.500. The number of hydrogen-bond acceptors (Lipinski definition) is 2. The molecule has 0 radical (unpaired) electrons. The Labute approximate surface area is 60.9 Å². The molecule has 0 bridgehead atoms. The van der Waals surface area contributed by atoms with Crippen LogP contribution in [0.25, 0.3) is 0 Å². The minimum absolute atomic E-state index is 0.302. The van der Waals surface area contributed by atoms with Crippen molar-refractivity contribution in [2.24, 2.45) is 0 Å². The van der Waals surface area contributed by atoms with Gasteiger partial charge in [-0.1, -0.05) is 6.08 Å². The molecule has 0 aromatic rings. The van der Waals surface area contributed by atoms with E-state index in [0.717, 1.165) is 19.3 Å². The van der Waals surface area contributed by atoms with Gasteiger partial charge in [-0.25, -0.2) is 0 Å². The summed E-state index contributed by atoms with van der Waals surface area (Å²) in [6, 6.07) is 0. The molecule has 10 heavy (non-hydrogen) atoms. The van der Waals surface area contributed by atoms with Crippen molar-refractivity contribution in [3.63, 3.8) is 0 Å². The van der Waals surface area contributed by atoms with E-state index in [1.165, 1.54) is 0 Å². The van der Waals surface area contributed by atoms with Crippen LogP contribution >= 0.6 is 0 Å². The first-order valence-electron chi connectivity index (χ1n) is 3.40. The summed E-state index contributed by atoms with van der Waals surface area (Å²) in [6.45, 7) is 3.54. The van der Waals surface area contributed by atoms with Gasteiger partial charge in [0.1, 0.15) is 0 Å². The van der Waals surface area contributed by atoms with Crippen LogP contribution in [-0.2, 0) is 9.59 Å². The maximum Gasteiger partial charge on any atom is 0.195 e. The van der Waals surface area contributed by atoms with E-state index >= 15 is 0 Å². The van der Waals surface area contributed by atoms with Crippen LogP contribution in [0.5, 0.6) is 0 Å². The van der Waals surface area contributed by atoms with Gasteiger partial charge in [-0.2, -0.15) is 0 Å². The first kappa shape index (κ1) is 9.08. The third-order valence-corrected chi connectivity index (χ3v) is 1.21. The predicted octanol–water partition coefficient (Wildman–Crippen LogP) is 1.50. The summed E-state index contributed by atoms with van der Waals surface area (Å²) in [6.07, 6.45) is 5.25. The molecule has 2 heteroatoms. The largest absolute Gasteiger partial charge is 0.295 e. The first-order chi connectivity index (χ1) is 4.81. The Morgan fingerprint density at radius 2 is 2.10 bits per heavy atom. The number of Topliss-reactive ketones (excluding diaryl/α,β-unsaturated/α-hetero) is 1. The Morgan fingerprint density at radius 1 is 1.40 bits per heavy atom. The number of aldehydes is 1. The third kappa shape index (κ3) is 5.22. The first-order valence-corrected chi connectivity index (χ1v) is 3.40. The predicted molar refractivity (Wildman–Crippen MR) is 39.7 cm³/mol. The zero-order valence-electron chi connectivity index (χ0n) is 6.01. The van der Waals surface area contributed by atoms with E-state index in [9.17, 15) is 9.59 Å². The Bertz CT molecular complexity index is 127.